The van der Waals surface area contributed by atoms with Crippen LogP contribution >= 0.6 is 23.4 Å². The largest absolute Gasteiger partial charge is 0.481 e. The van der Waals surface area contributed by atoms with Gasteiger partial charge in [0.2, 0.25) is 0 Å². The van der Waals surface area contributed by atoms with Crippen LogP contribution in [0, 0.1) is 5.92 Å². The Kier molecular flexibility index (Phi) is 4.61. The molecule has 0 fully saturated rings. The molecular formula is C12H12ClN3O3S. The van der Waals surface area contributed by atoms with Gasteiger partial charge in [0, 0.05) is 6.04 Å². The highest BCUT2D eigenvalue weighted by Gasteiger charge is 2.26. The summed E-state index contributed by atoms with van der Waals surface area (Å²) in [5.41, 5.74) is 0.0955. The number of rotatable bonds is 4. The van der Waals surface area contributed by atoms with Gasteiger partial charge in [-0.25, -0.2) is 9.97 Å². The summed E-state index contributed by atoms with van der Waals surface area (Å²) in [6.45, 7) is 0. The third kappa shape index (κ3) is 3.29. The Morgan fingerprint density at radius 3 is 2.85 bits per heavy atom. The Labute approximate surface area is 124 Å². The lowest BCUT2D eigenvalue weighted by molar-refractivity contribution is -0.140. The van der Waals surface area contributed by atoms with E-state index < -0.39 is 17.8 Å². The number of hydrogen-bond donors (Lipinski definition) is 2. The molecule has 0 aromatic carbocycles. The van der Waals surface area contributed by atoms with Gasteiger partial charge in [0.15, 0.2) is 10.9 Å². The van der Waals surface area contributed by atoms with Crippen LogP contribution in [-0.4, -0.2) is 39.2 Å². The molecule has 1 aliphatic carbocycles. The minimum Gasteiger partial charge on any atom is -0.481 e. The van der Waals surface area contributed by atoms with Gasteiger partial charge in [0.25, 0.3) is 5.91 Å². The molecule has 2 rings (SSSR count). The van der Waals surface area contributed by atoms with Gasteiger partial charge in [0.1, 0.15) is 0 Å². The minimum atomic E-state index is -0.900. The minimum absolute atomic E-state index is 0.0955. The van der Waals surface area contributed by atoms with Crippen LogP contribution in [0.15, 0.2) is 23.5 Å². The number of amides is 1. The molecule has 2 unspecified atom stereocenters. The zero-order valence-electron chi connectivity index (χ0n) is 10.5. The smallest absolute Gasteiger partial charge is 0.310 e. The Bertz CT molecular complexity index is 579. The van der Waals surface area contributed by atoms with Crippen molar-refractivity contribution in [1.29, 1.82) is 0 Å². The fourth-order valence-corrected chi connectivity index (χ4v) is 2.35. The van der Waals surface area contributed by atoms with Gasteiger partial charge in [-0.3, -0.25) is 9.59 Å². The fraction of sp³-hybridized carbons (Fsp3) is 0.333. The molecule has 0 aliphatic heterocycles. The van der Waals surface area contributed by atoms with Crippen molar-refractivity contribution in [3.63, 3.8) is 0 Å². The summed E-state index contributed by atoms with van der Waals surface area (Å²) >= 11 is 7.21. The van der Waals surface area contributed by atoms with E-state index in [1.807, 2.05) is 0 Å². The number of thioether (sulfide) groups is 1. The van der Waals surface area contributed by atoms with Gasteiger partial charge in [-0.1, -0.05) is 35.5 Å². The van der Waals surface area contributed by atoms with E-state index in [1.54, 1.807) is 18.4 Å². The van der Waals surface area contributed by atoms with Crippen molar-refractivity contribution < 1.29 is 14.7 Å². The second-order valence-corrected chi connectivity index (χ2v) is 5.38. The molecule has 0 bridgehead atoms. The number of nitrogens with one attached hydrogen (secondary N) is 1. The molecule has 0 saturated carbocycles. The topological polar surface area (TPSA) is 92.2 Å². The number of nitrogens with zero attached hydrogens (tertiary/aromatic N) is 2. The van der Waals surface area contributed by atoms with E-state index in [1.165, 1.54) is 18.0 Å². The van der Waals surface area contributed by atoms with Gasteiger partial charge in [-0.05, 0) is 12.7 Å². The average Bonchev–Trinajstić information content (AvgIpc) is 2.88. The van der Waals surface area contributed by atoms with Gasteiger partial charge in [-0.15, -0.1) is 0 Å². The highest BCUT2D eigenvalue weighted by atomic mass is 35.5. The number of carbonyl (C=O) groups excluding carboxylic acids is 1. The van der Waals surface area contributed by atoms with E-state index in [2.05, 4.69) is 15.3 Å². The SMILES string of the molecule is CSc1ncc(Cl)c(C(=O)NC2C=CC(C(=O)O)C2)n1. The number of aromatic nitrogens is 2. The second kappa shape index (κ2) is 6.23. The summed E-state index contributed by atoms with van der Waals surface area (Å²) in [6.07, 6.45) is 6.74. The van der Waals surface area contributed by atoms with Crippen molar-refractivity contribution in [2.24, 2.45) is 5.92 Å². The van der Waals surface area contributed by atoms with Crippen LogP contribution in [0.3, 0.4) is 0 Å². The Hall–Kier alpha value is -1.60. The quantitative estimate of drug-likeness (QED) is 0.498. The third-order valence-electron chi connectivity index (χ3n) is 2.84. The van der Waals surface area contributed by atoms with Crippen LogP contribution in [0.4, 0.5) is 0 Å². The molecule has 1 heterocycles. The maximum absolute atomic E-state index is 12.1. The molecule has 1 amide bonds. The lowest BCUT2D eigenvalue weighted by Gasteiger charge is -2.12. The number of aliphatic carboxylic acids is 1. The van der Waals surface area contributed by atoms with Crippen molar-refractivity contribution in [3.05, 3.63) is 29.1 Å². The zero-order valence-corrected chi connectivity index (χ0v) is 12.1. The molecule has 0 spiro atoms. The van der Waals surface area contributed by atoms with E-state index in [4.69, 9.17) is 16.7 Å². The molecule has 0 radical (unpaired) electrons. The van der Waals surface area contributed by atoms with Crippen molar-refractivity contribution in [1.82, 2.24) is 15.3 Å². The zero-order chi connectivity index (χ0) is 14.7. The summed E-state index contributed by atoms with van der Waals surface area (Å²) in [5, 5.41) is 12.2. The maximum atomic E-state index is 12.1. The van der Waals surface area contributed by atoms with Crippen LogP contribution in [0.25, 0.3) is 0 Å². The number of carboxylic acid groups (broad SMARTS) is 1. The van der Waals surface area contributed by atoms with E-state index in [0.717, 1.165) is 0 Å². The van der Waals surface area contributed by atoms with Crippen LogP contribution in [0.2, 0.25) is 5.02 Å². The summed E-state index contributed by atoms with van der Waals surface area (Å²) < 4.78 is 0. The predicted molar refractivity (Wildman–Crippen MR) is 75.0 cm³/mol. The predicted octanol–water partition coefficient (Wildman–Crippen LogP) is 1.61. The van der Waals surface area contributed by atoms with Gasteiger partial charge >= 0.3 is 5.97 Å². The number of hydrogen-bond acceptors (Lipinski definition) is 5. The van der Waals surface area contributed by atoms with E-state index in [0.29, 0.717) is 11.6 Å². The van der Waals surface area contributed by atoms with Gasteiger partial charge < -0.3 is 10.4 Å². The molecule has 6 nitrogen and oxygen atoms in total. The Morgan fingerprint density at radius 1 is 1.50 bits per heavy atom. The summed E-state index contributed by atoms with van der Waals surface area (Å²) in [6, 6.07) is -0.327. The van der Waals surface area contributed by atoms with Gasteiger partial charge in [0.05, 0.1) is 17.1 Å². The van der Waals surface area contributed by atoms with Crippen molar-refractivity contribution >= 4 is 35.2 Å². The molecule has 1 aromatic rings. The maximum Gasteiger partial charge on any atom is 0.310 e. The third-order valence-corrected chi connectivity index (χ3v) is 3.68. The Morgan fingerprint density at radius 2 is 2.25 bits per heavy atom. The van der Waals surface area contributed by atoms with Crippen LogP contribution in [0.5, 0.6) is 0 Å². The molecular weight excluding hydrogens is 302 g/mol. The molecule has 0 saturated heterocycles. The monoisotopic (exact) mass is 313 g/mol. The molecule has 8 heteroatoms. The first-order valence-electron chi connectivity index (χ1n) is 5.79. The highest BCUT2D eigenvalue weighted by molar-refractivity contribution is 7.98. The molecule has 106 valence electrons. The van der Waals surface area contributed by atoms with Crippen LogP contribution in [-0.2, 0) is 4.79 Å². The standard InChI is InChI=1S/C12H12ClN3O3S/c1-20-12-14-5-8(13)9(16-12)10(17)15-7-3-2-6(4-7)11(18)19/h2-3,5-7H,4H2,1H3,(H,15,17)(H,18,19). The van der Waals surface area contributed by atoms with Gasteiger partial charge in [-0.2, -0.15) is 0 Å². The van der Waals surface area contributed by atoms with Crippen molar-refractivity contribution in [2.75, 3.05) is 6.26 Å². The average molecular weight is 314 g/mol. The van der Waals surface area contributed by atoms with Crippen molar-refractivity contribution in [2.45, 2.75) is 17.6 Å². The summed E-state index contributed by atoms with van der Waals surface area (Å²) in [5.74, 6) is -1.90. The molecule has 2 N–H and O–H groups in total. The van der Waals surface area contributed by atoms with E-state index >= 15 is 0 Å². The number of carbonyl (C=O) groups is 2. The second-order valence-electron chi connectivity index (χ2n) is 4.20. The highest BCUT2D eigenvalue weighted by Crippen LogP contribution is 2.20. The first kappa shape index (κ1) is 14.8. The first-order valence-corrected chi connectivity index (χ1v) is 7.40. The number of carboxylic acids is 1. The van der Waals surface area contributed by atoms with E-state index in [9.17, 15) is 9.59 Å². The van der Waals surface area contributed by atoms with Crippen molar-refractivity contribution in [3.8, 4) is 0 Å². The molecule has 2 atom stereocenters. The number of halogens is 1. The fourth-order valence-electron chi connectivity index (χ4n) is 1.83. The van der Waals surface area contributed by atoms with E-state index in [-0.39, 0.29) is 16.8 Å². The normalized spacial score (nSPS) is 20.9. The summed E-state index contributed by atoms with van der Waals surface area (Å²) in [4.78, 5) is 30.9. The lowest BCUT2D eigenvalue weighted by Crippen LogP contribution is -2.34. The summed E-state index contributed by atoms with van der Waals surface area (Å²) in [7, 11) is 0. The Balaban J connectivity index is 2.06. The van der Waals surface area contributed by atoms with Crippen LogP contribution < -0.4 is 5.32 Å². The first-order chi connectivity index (χ1) is 9.51. The van der Waals surface area contributed by atoms with Crippen LogP contribution in [0.1, 0.15) is 16.9 Å². The molecule has 20 heavy (non-hydrogen) atoms. The molecule has 1 aliphatic rings. The lowest BCUT2D eigenvalue weighted by atomic mass is 10.1. The molecule has 1 aromatic heterocycles.